The molecule has 0 radical (unpaired) electrons. The van der Waals surface area contributed by atoms with Crippen molar-refractivity contribution in [3.8, 4) is 0 Å². The van der Waals surface area contributed by atoms with E-state index in [0.29, 0.717) is 16.5 Å². The fourth-order valence-corrected chi connectivity index (χ4v) is 2.23. The molecule has 24 heavy (non-hydrogen) atoms. The standard InChI is InChI=1S/C16H18N2O6/c1-16(2,3)24-15(20)17-9-10(7-14(19)23-4)12-8-11(18(21)22)5-6-13(12)17/h5-6,8-9H,7H2,1-4H3/i7+2,14+2. The molecule has 8 nitrogen and oxygen atoms in total. The van der Waals surface area contributed by atoms with E-state index in [1.807, 2.05) is 0 Å². The first-order chi connectivity index (χ1) is 11.1. The van der Waals surface area contributed by atoms with Crippen LogP contribution in [0, 0.1) is 10.1 Å². The van der Waals surface area contributed by atoms with Crippen LogP contribution in [0.4, 0.5) is 10.5 Å². The number of nitrogens with zero attached hydrogens (tertiary/aromatic N) is 2. The Morgan fingerprint density at radius 1 is 1.38 bits per heavy atom. The second-order valence-corrected chi connectivity index (χ2v) is 6.22. The van der Waals surface area contributed by atoms with E-state index in [4.69, 9.17) is 4.74 Å². The van der Waals surface area contributed by atoms with Gasteiger partial charge in [0.1, 0.15) is 5.60 Å². The molecule has 0 bridgehead atoms. The zero-order valence-corrected chi connectivity index (χ0v) is 13.9. The third-order valence-corrected chi connectivity index (χ3v) is 3.23. The van der Waals surface area contributed by atoms with Crippen molar-refractivity contribution >= 4 is 28.7 Å². The summed E-state index contributed by atoms with van der Waals surface area (Å²) in [5, 5.41) is 11.4. The number of nitro groups is 1. The molecule has 0 atom stereocenters. The number of methoxy groups -OCH3 is 1. The van der Waals surface area contributed by atoms with Gasteiger partial charge in [0.15, 0.2) is 0 Å². The highest BCUT2D eigenvalue weighted by Crippen LogP contribution is 2.27. The maximum absolute atomic E-state index is 12.4. The number of carbonyl (C=O) groups is 2. The van der Waals surface area contributed by atoms with Crippen LogP contribution in [0.3, 0.4) is 0 Å². The molecule has 8 heteroatoms. The number of esters is 1. The van der Waals surface area contributed by atoms with E-state index in [1.54, 1.807) is 20.8 Å². The summed E-state index contributed by atoms with van der Waals surface area (Å²) in [6, 6.07) is 4.08. The number of non-ortho nitro benzene ring substituents is 1. The first-order valence-corrected chi connectivity index (χ1v) is 7.21. The molecule has 128 valence electrons. The van der Waals surface area contributed by atoms with E-state index in [2.05, 4.69) is 4.74 Å². The number of hydrogen-bond donors (Lipinski definition) is 0. The van der Waals surface area contributed by atoms with Crippen LogP contribution in [0.2, 0.25) is 0 Å². The van der Waals surface area contributed by atoms with E-state index in [1.165, 1.54) is 36.1 Å². The zero-order valence-electron chi connectivity index (χ0n) is 13.9. The molecule has 0 aliphatic rings. The lowest BCUT2D eigenvalue weighted by Crippen LogP contribution is -2.26. The molecule has 2 aromatic rings. The van der Waals surface area contributed by atoms with Crippen molar-refractivity contribution in [3.05, 3.63) is 40.1 Å². The third-order valence-electron chi connectivity index (χ3n) is 3.23. The Labute approximate surface area is 138 Å². The molecular formula is C16H18N2O6. The van der Waals surface area contributed by atoms with E-state index in [0.717, 1.165) is 0 Å². The van der Waals surface area contributed by atoms with Gasteiger partial charge in [0.05, 0.1) is 24.0 Å². The molecule has 0 fully saturated rings. The first-order valence-electron chi connectivity index (χ1n) is 7.21. The van der Waals surface area contributed by atoms with Crippen molar-refractivity contribution in [2.24, 2.45) is 0 Å². The Balaban J connectivity index is 2.58. The summed E-state index contributed by atoms with van der Waals surface area (Å²) in [6.45, 7) is 5.20. The highest BCUT2D eigenvalue weighted by atomic mass is 16.8. The number of ether oxygens (including phenoxy) is 2. The van der Waals surface area contributed by atoms with Gasteiger partial charge in [-0.3, -0.25) is 19.5 Å². The maximum atomic E-state index is 12.4. The summed E-state index contributed by atoms with van der Waals surface area (Å²) < 4.78 is 11.2. The molecule has 1 heterocycles. The van der Waals surface area contributed by atoms with Crippen LogP contribution in [-0.2, 0) is 20.7 Å². The summed E-state index contributed by atoms with van der Waals surface area (Å²) in [5.41, 5.74) is 0.0486. The molecule has 1 aromatic heterocycles. The molecule has 0 spiro atoms. The number of nitro benzene ring substituents is 1. The fourth-order valence-electron chi connectivity index (χ4n) is 2.23. The largest absolute Gasteiger partial charge is 0.469 e. The SMILES string of the molecule is CO[14C](=O)[14CH2]c1cn(C(=O)OC(C)(C)C)c2ccc([N+](=O)[O-])cc12. The summed E-state index contributed by atoms with van der Waals surface area (Å²) >= 11 is 0. The smallest absolute Gasteiger partial charge is 0.419 e. The summed E-state index contributed by atoms with van der Waals surface area (Å²) in [7, 11) is 1.25. The van der Waals surface area contributed by atoms with Gasteiger partial charge in [-0.05, 0) is 32.4 Å². The van der Waals surface area contributed by atoms with Crippen LogP contribution >= 0.6 is 0 Å². The molecule has 0 N–H and O–H groups in total. The lowest BCUT2D eigenvalue weighted by Gasteiger charge is -2.19. The fraction of sp³-hybridized carbons (Fsp3) is 0.375. The third kappa shape index (κ3) is 3.70. The minimum Gasteiger partial charge on any atom is -0.469 e. The Hall–Kier alpha value is -2.90. The van der Waals surface area contributed by atoms with Crippen molar-refractivity contribution in [3.63, 3.8) is 0 Å². The van der Waals surface area contributed by atoms with Crippen molar-refractivity contribution in [2.45, 2.75) is 32.8 Å². The predicted molar refractivity (Wildman–Crippen MR) is 85.9 cm³/mol. The second kappa shape index (κ2) is 6.31. The summed E-state index contributed by atoms with van der Waals surface area (Å²) in [5.74, 6) is -0.509. The molecule has 0 saturated carbocycles. The van der Waals surface area contributed by atoms with Crippen molar-refractivity contribution in [1.29, 1.82) is 0 Å². The molecule has 0 unspecified atom stereocenters. The molecule has 1 aromatic carbocycles. The molecular weight excluding hydrogens is 320 g/mol. The van der Waals surface area contributed by atoms with Gasteiger partial charge in [-0.15, -0.1) is 0 Å². The Kier molecular flexibility index (Phi) is 4.59. The first kappa shape index (κ1) is 17.5. The van der Waals surface area contributed by atoms with Gasteiger partial charge in [0, 0.05) is 23.7 Å². The quantitative estimate of drug-likeness (QED) is 0.484. The van der Waals surface area contributed by atoms with Gasteiger partial charge in [-0.2, -0.15) is 0 Å². The van der Waals surface area contributed by atoms with Crippen LogP contribution in [0.5, 0.6) is 0 Å². The average molecular weight is 338 g/mol. The monoisotopic (exact) mass is 338 g/mol. The van der Waals surface area contributed by atoms with Crippen molar-refractivity contribution in [2.75, 3.05) is 7.11 Å². The van der Waals surface area contributed by atoms with E-state index < -0.39 is 22.6 Å². The normalized spacial score (nSPS) is 11.3. The van der Waals surface area contributed by atoms with E-state index >= 15 is 0 Å². The topological polar surface area (TPSA) is 101 Å². The highest BCUT2D eigenvalue weighted by Gasteiger charge is 2.22. The molecule has 0 aliphatic carbocycles. The number of aromatic nitrogens is 1. The Morgan fingerprint density at radius 2 is 2.04 bits per heavy atom. The second-order valence-electron chi connectivity index (χ2n) is 6.22. The van der Waals surface area contributed by atoms with Gasteiger partial charge in [-0.25, -0.2) is 4.79 Å². The molecule has 2 rings (SSSR count). The van der Waals surface area contributed by atoms with Gasteiger partial charge >= 0.3 is 12.1 Å². The number of carbonyl (C=O) groups excluding carboxylic acids is 2. The number of fused-ring (bicyclic) bond motifs is 1. The van der Waals surface area contributed by atoms with Gasteiger partial charge in [0.2, 0.25) is 0 Å². The molecule has 0 saturated heterocycles. The van der Waals surface area contributed by atoms with Crippen LogP contribution in [0.25, 0.3) is 10.9 Å². The summed E-state index contributed by atoms with van der Waals surface area (Å²) in [4.78, 5) is 34.4. The van der Waals surface area contributed by atoms with Gasteiger partial charge < -0.3 is 9.47 Å². The van der Waals surface area contributed by atoms with Crippen molar-refractivity contribution < 1.29 is 24.0 Å². The maximum Gasteiger partial charge on any atom is 0.419 e. The number of hydrogen-bond acceptors (Lipinski definition) is 6. The minimum absolute atomic E-state index is 0.107. The Bertz CT molecular complexity index is 816. The van der Waals surface area contributed by atoms with Crippen molar-refractivity contribution in [1.82, 2.24) is 4.57 Å². The molecule has 0 aliphatic heterocycles. The molecule has 0 amide bonds. The van der Waals surface area contributed by atoms with Gasteiger partial charge in [-0.1, -0.05) is 0 Å². The number of rotatable bonds is 3. The van der Waals surface area contributed by atoms with Crippen LogP contribution in [0.15, 0.2) is 24.4 Å². The van der Waals surface area contributed by atoms with Gasteiger partial charge in [0.25, 0.3) is 5.69 Å². The lowest BCUT2D eigenvalue weighted by molar-refractivity contribution is -0.384. The van der Waals surface area contributed by atoms with E-state index in [-0.39, 0.29) is 12.1 Å². The van der Waals surface area contributed by atoms with Crippen LogP contribution in [0.1, 0.15) is 26.3 Å². The highest BCUT2D eigenvalue weighted by molar-refractivity contribution is 5.95. The average Bonchev–Trinajstić information content (AvgIpc) is 2.83. The lowest BCUT2D eigenvalue weighted by atomic mass is 10.2. The van der Waals surface area contributed by atoms with E-state index in [9.17, 15) is 19.7 Å². The zero-order chi connectivity index (χ0) is 18.1. The van der Waals surface area contributed by atoms with Crippen LogP contribution in [-0.4, -0.2) is 34.3 Å². The minimum atomic E-state index is -0.697. The number of benzene rings is 1. The predicted octanol–water partition coefficient (Wildman–Crippen LogP) is 3.05. The Morgan fingerprint density at radius 3 is 2.58 bits per heavy atom. The summed E-state index contributed by atoms with van der Waals surface area (Å²) in [6.07, 6.45) is 0.709. The van der Waals surface area contributed by atoms with Crippen LogP contribution < -0.4 is 0 Å².